The molecule has 1 nitrogen and oxygen atoms in total. The standard InChI is InChI=1S/C11H12F2OS/c1-2-15-7-11(14)5-8-3-9(12)6-10(13)4-8/h3-4,6H,2,5,7H2,1H3. The summed E-state index contributed by atoms with van der Waals surface area (Å²) < 4.78 is 25.5. The maximum Gasteiger partial charge on any atom is 0.147 e. The molecule has 0 saturated heterocycles. The van der Waals surface area contributed by atoms with Crippen LogP contribution in [-0.2, 0) is 11.2 Å². The van der Waals surface area contributed by atoms with Gasteiger partial charge >= 0.3 is 0 Å². The van der Waals surface area contributed by atoms with Gasteiger partial charge in [0.25, 0.3) is 0 Å². The Morgan fingerprint density at radius 3 is 2.40 bits per heavy atom. The van der Waals surface area contributed by atoms with Gasteiger partial charge in [0.05, 0.1) is 5.75 Å². The smallest absolute Gasteiger partial charge is 0.147 e. The number of hydrogen-bond donors (Lipinski definition) is 0. The number of halogens is 2. The minimum absolute atomic E-state index is 0.00755. The minimum Gasteiger partial charge on any atom is -0.298 e. The number of carbonyl (C=O) groups excluding carboxylic acids is 1. The molecule has 0 aromatic heterocycles. The monoisotopic (exact) mass is 230 g/mol. The topological polar surface area (TPSA) is 17.1 Å². The molecule has 82 valence electrons. The first kappa shape index (κ1) is 12.2. The van der Waals surface area contributed by atoms with E-state index in [1.807, 2.05) is 6.92 Å². The zero-order valence-corrected chi connectivity index (χ0v) is 9.24. The van der Waals surface area contributed by atoms with Crippen molar-refractivity contribution in [3.05, 3.63) is 35.4 Å². The first-order chi connectivity index (χ1) is 7.11. The molecule has 0 atom stereocenters. The summed E-state index contributed by atoms with van der Waals surface area (Å²) in [7, 11) is 0. The van der Waals surface area contributed by atoms with Crippen LogP contribution < -0.4 is 0 Å². The molecule has 0 aliphatic heterocycles. The van der Waals surface area contributed by atoms with Crippen molar-refractivity contribution >= 4 is 17.5 Å². The number of hydrogen-bond acceptors (Lipinski definition) is 2. The quantitative estimate of drug-likeness (QED) is 0.773. The Kier molecular flexibility index (Phi) is 4.75. The molecule has 0 heterocycles. The van der Waals surface area contributed by atoms with Gasteiger partial charge in [0.2, 0.25) is 0 Å². The molecule has 1 rings (SSSR count). The summed E-state index contributed by atoms with van der Waals surface area (Å²) >= 11 is 1.51. The Morgan fingerprint density at radius 1 is 1.27 bits per heavy atom. The SMILES string of the molecule is CCSCC(=O)Cc1cc(F)cc(F)c1. The molecule has 0 N–H and O–H groups in total. The van der Waals surface area contributed by atoms with Crippen LogP contribution in [0.1, 0.15) is 12.5 Å². The van der Waals surface area contributed by atoms with E-state index >= 15 is 0 Å². The van der Waals surface area contributed by atoms with Crippen molar-refractivity contribution in [3.63, 3.8) is 0 Å². The molecule has 0 bridgehead atoms. The second-order valence-electron chi connectivity index (χ2n) is 3.13. The third-order valence-corrected chi connectivity index (χ3v) is 2.73. The molecule has 0 unspecified atom stereocenters. The molecule has 0 amide bonds. The highest BCUT2D eigenvalue weighted by Crippen LogP contribution is 2.10. The number of benzene rings is 1. The fourth-order valence-electron chi connectivity index (χ4n) is 1.21. The predicted molar refractivity (Wildman–Crippen MR) is 58.1 cm³/mol. The third kappa shape index (κ3) is 4.42. The van der Waals surface area contributed by atoms with Gasteiger partial charge in [-0.2, -0.15) is 11.8 Å². The Balaban J connectivity index is 2.60. The summed E-state index contributed by atoms with van der Waals surface area (Å²) in [5.41, 5.74) is 0.397. The van der Waals surface area contributed by atoms with Gasteiger partial charge in [-0.3, -0.25) is 4.79 Å². The molecule has 0 aliphatic carbocycles. The second kappa shape index (κ2) is 5.85. The highest BCUT2D eigenvalue weighted by atomic mass is 32.2. The second-order valence-corrected chi connectivity index (χ2v) is 4.40. The molecule has 15 heavy (non-hydrogen) atoms. The van der Waals surface area contributed by atoms with Gasteiger partial charge in [-0.05, 0) is 23.4 Å². The van der Waals surface area contributed by atoms with Crippen LogP contribution in [0.5, 0.6) is 0 Å². The van der Waals surface area contributed by atoms with E-state index in [0.29, 0.717) is 11.3 Å². The maximum absolute atomic E-state index is 12.8. The lowest BCUT2D eigenvalue weighted by atomic mass is 10.1. The van der Waals surface area contributed by atoms with E-state index in [9.17, 15) is 13.6 Å². The van der Waals surface area contributed by atoms with Gasteiger partial charge in [0.15, 0.2) is 0 Å². The first-order valence-electron chi connectivity index (χ1n) is 4.66. The molecule has 1 aromatic rings. The van der Waals surface area contributed by atoms with Crippen LogP contribution in [-0.4, -0.2) is 17.3 Å². The van der Waals surface area contributed by atoms with Gasteiger partial charge < -0.3 is 0 Å². The van der Waals surface area contributed by atoms with E-state index < -0.39 is 11.6 Å². The van der Waals surface area contributed by atoms with Crippen LogP contribution in [0.4, 0.5) is 8.78 Å². The summed E-state index contributed by atoms with van der Waals surface area (Å²) in [6.07, 6.45) is 0.0989. The highest BCUT2D eigenvalue weighted by Gasteiger charge is 2.06. The molecular formula is C11H12F2OS. The molecule has 0 radical (unpaired) electrons. The lowest BCUT2D eigenvalue weighted by Crippen LogP contribution is -2.06. The van der Waals surface area contributed by atoms with Crippen molar-refractivity contribution < 1.29 is 13.6 Å². The zero-order valence-electron chi connectivity index (χ0n) is 8.43. The average molecular weight is 230 g/mol. The predicted octanol–water partition coefficient (Wildman–Crippen LogP) is 2.83. The van der Waals surface area contributed by atoms with E-state index in [4.69, 9.17) is 0 Å². The van der Waals surface area contributed by atoms with Crippen molar-refractivity contribution in [2.45, 2.75) is 13.3 Å². The fraction of sp³-hybridized carbons (Fsp3) is 0.364. The van der Waals surface area contributed by atoms with Crippen LogP contribution in [0.25, 0.3) is 0 Å². The van der Waals surface area contributed by atoms with Gasteiger partial charge in [-0.25, -0.2) is 8.78 Å². The summed E-state index contributed by atoms with van der Waals surface area (Å²) in [4.78, 5) is 11.3. The Hall–Kier alpha value is -0.900. The van der Waals surface area contributed by atoms with Gasteiger partial charge in [-0.1, -0.05) is 6.92 Å². The van der Waals surface area contributed by atoms with E-state index in [-0.39, 0.29) is 12.2 Å². The molecule has 0 spiro atoms. The van der Waals surface area contributed by atoms with E-state index in [1.54, 1.807) is 0 Å². The van der Waals surface area contributed by atoms with E-state index in [0.717, 1.165) is 11.8 Å². The van der Waals surface area contributed by atoms with Crippen molar-refractivity contribution in [2.24, 2.45) is 0 Å². The maximum atomic E-state index is 12.8. The molecule has 0 aliphatic rings. The largest absolute Gasteiger partial charge is 0.298 e. The Labute approximate surface area is 91.9 Å². The van der Waals surface area contributed by atoms with Crippen LogP contribution in [0.3, 0.4) is 0 Å². The van der Waals surface area contributed by atoms with Crippen molar-refractivity contribution in [1.29, 1.82) is 0 Å². The number of Topliss-reactive ketones (excluding diaryl/α,β-unsaturated/α-hetero) is 1. The van der Waals surface area contributed by atoms with Gasteiger partial charge in [0.1, 0.15) is 17.4 Å². The highest BCUT2D eigenvalue weighted by molar-refractivity contribution is 7.99. The van der Waals surface area contributed by atoms with Gasteiger partial charge in [0, 0.05) is 12.5 Å². The van der Waals surface area contributed by atoms with Crippen LogP contribution >= 0.6 is 11.8 Å². The Morgan fingerprint density at radius 2 is 1.87 bits per heavy atom. The summed E-state index contributed by atoms with van der Waals surface area (Å²) in [5, 5.41) is 0. The third-order valence-electron chi connectivity index (χ3n) is 1.79. The minimum atomic E-state index is -0.638. The summed E-state index contributed by atoms with van der Waals surface area (Å²) in [6, 6.07) is 3.18. The van der Waals surface area contributed by atoms with E-state index in [1.165, 1.54) is 23.9 Å². The number of ketones is 1. The number of rotatable bonds is 5. The summed E-state index contributed by atoms with van der Waals surface area (Å²) in [5.74, 6) is -0.0218. The molecule has 4 heteroatoms. The lowest BCUT2D eigenvalue weighted by molar-refractivity contribution is -0.116. The fourth-order valence-corrected chi connectivity index (χ4v) is 1.74. The molecule has 1 aromatic carbocycles. The van der Waals surface area contributed by atoms with E-state index in [2.05, 4.69) is 0 Å². The van der Waals surface area contributed by atoms with Gasteiger partial charge in [-0.15, -0.1) is 0 Å². The molecule has 0 fully saturated rings. The molecular weight excluding hydrogens is 218 g/mol. The summed E-state index contributed by atoms with van der Waals surface area (Å²) in [6.45, 7) is 1.96. The normalized spacial score (nSPS) is 10.3. The number of thioether (sulfide) groups is 1. The average Bonchev–Trinajstić information content (AvgIpc) is 2.13. The van der Waals surface area contributed by atoms with Crippen molar-refractivity contribution in [1.82, 2.24) is 0 Å². The van der Waals surface area contributed by atoms with Crippen molar-refractivity contribution in [2.75, 3.05) is 11.5 Å². The van der Waals surface area contributed by atoms with Crippen LogP contribution in [0, 0.1) is 11.6 Å². The Bertz CT molecular complexity index is 332. The first-order valence-corrected chi connectivity index (χ1v) is 5.81. The van der Waals surface area contributed by atoms with Crippen molar-refractivity contribution in [3.8, 4) is 0 Å². The zero-order chi connectivity index (χ0) is 11.3. The van der Waals surface area contributed by atoms with Crippen LogP contribution in [0.2, 0.25) is 0 Å². The molecule has 0 saturated carbocycles. The van der Waals surface area contributed by atoms with Crippen LogP contribution in [0.15, 0.2) is 18.2 Å². The number of carbonyl (C=O) groups is 1. The lowest BCUT2D eigenvalue weighted by Gasteiger charge is -2.01.